The molecule has 0 radical (unpaired) electrons. The molecule has 4 aromatic rings. The molecule has 0 unspecified atom stereocenters. The van der Waals surface area contributed by atoms with Gasteiger partial charge in [-0.2, -0.15) is 10.2 Å². The monoisotopic (exact) mass is 566 g/mol. The molecule has 40 heavy (non-hydrogen) atoms. The topological polar surface area (TPSA) is 133 Å². The lowest BCUT2D eigenvalue weighted by molar-refractivity contribution is 0.355. The minimum Gasteiger partial charge on any atom is -0.493 e. The zero-order chi connectivity index (χ0) is 28.5. The number of aromatic nitrogens is 1. The minimum atomic E-state index is -0.752. The molecule has 12 nitrogen and oxygen atoms in total. The number of hydrogen-bond donors (Lipinski definition) is 3. The van der Waals surface area contributed by atoms with Gasteiger partial charge < -0.3 is 28.7 Å². The van der Waals surface area contributed by atoms with Gasteiger partial charge in [-0.3, -0.25) is 0 Å². The third-order valence-corrected chi connectivity index (χ3v) is 5.70. The number of benzene rings is 3. The van der Waals surface area contributed by atoms with Gasteiger partial charge >= 0.3 is 5.76 Å². The molecule has 3 N–H and O–H groups in total. The molecule has 1 heterocycles. The number of halogens is 1. The first-order valence-electron chi connectivity index (χ1n) is 11.8. The second-order valence-corrected chi connectivity index (χ2v) is 8.41. The summed E-state index contributed by atoms with van der Waals surface area (Å²) in [5.74, 6) is 1.71. The Morgan fingerprint density at radius 3 is 1.98 bits per heavy atom. The van der Waals surface area contributed by atoms with Gasteiger partial charge in [0.2, 0.25) is 5.82 Å². The van der Waals surface area contributed by atoms with Crippen molar-refractivity contribution in [2.24, 2.45) is 10.2 Å². The van der Waals surface area contributed by atoms with Gasteiger partial charge in [-0.1, -0.05) is 17.7 Å². The van der Waals surface area contributed by atoms with Crippen LogP contribution in [0.2, 0.25) is 5.02 Å². The number of anilines is 3. The van der Waals surface area contributed by atoms with Crippen molar-refractivity contribution in [1.29, 1.82) is 0 Å². The maximum atomic E-state index is 12.8. The molecule has 3 aromatic carbocycles. The highest BCUT2D eigenvalue weighted by Crippen LogP contribution is 2.29. The van der Waals surface area contributed by atoms with Crippen molar-refractivity contribution in [3.05, 3.63) is 87.4 Å². The molecule has 0 fully saturated rings. The van der Waals surface area contributed by atoms with Crippen molar-refractivity contribution in [1.82, 2.24) is 4.68 Å². The smallest absolute Gasteiger partial charge is 0.443 e. The van der Waals surface area contributed by atoms with Crippen molar-refractivity contribution in [2.75, 3.05) is 44.7 Å². The van der Waals surface area contributed by atoms with E-state index in [4.69, 9.17) is 35.0 Å². The molecule has 0 amide bonds. The highest BCUT2D eigenvalue weighted by Gasteiger charge is 2.17. The number of methoxy groups -OCH3 is 4. The molecule has 0 bridgehead atoms. The van der Waals surface area contributed by atoms with Crippen LogP contribution in [0.1, 0.15) is 11.1 Å². The van der Waals surface area contributed by atoms with E-state index >= 15 is 0 Å². The lowest BCUT2D eigenvalue weighted by atomic mass is 10.2. The second kappa shape index (κ2) is 13.1. The van der Waals surface area contributed by atoms with Crippen LogP contribution in [0, 0.1) is 0 Å². The van der Waals surface area contributed by atoms with Crippen LogP contribution in [0.25, 0.3) is 0 Å². The summed E-state index contributed by atoms with van der Waals surface area (Å²) in [5.41, 5.74) is 7.44. The van der Waals surface area contributed by atoms with Gasteiger partial charge in [0.05, 0.1) is 40.9 Å². The Labute approximate surface area is 234 Å². The SMILES string of the molecule is COc1ccc(C=NNc2oc(=O)n(NN=Cc3ccc(OC)c(OC)c3)c2Nc2cccc(Cl)c2)cc1OC. The third kappa shape index (κ3) is 6.66. The molecule has 13 heteroatoms. The van der Waals surface area contributed by atoms with Gasteiger partial charge in [0.25, 0.3) is 5.88 Å². The maximum Gasteiger partial charge on any atom is 0.443 e. The number of nitrogens with one attached hydrogen (secondary N) is 3. The molecule has 4 rings (SSSR count). The number of nitrogens with zero attached hydrogens (tertiary/aromatic N) is 3. The summed E-state index contributed by atoms with van der Waals surface area (Å²) in [6.45, 7) is 0. The first-order chi connectivity index (χ1) is 19.4. The van der Waals surface area contributed by atoms with Crippen LogP contribution >= 0.6 is 11.6 Å². The average molecular weight is 567 g/mol. The van der Waals surface area contributed by atoms with Gasteiger partial charge in [0, 0.05) is 10.7 Å². The zero-order valence-electron chi connectivity index (χ0n) is 22.1. The Balaban J connectivity index is 1.60. The summed E-state index contributed by atoms with van der Waals surface area (Å²) in [6, 6.07) is 17.5. The van der Waals surface area contributed by atoms with E-state index in [1.807, 2.05) is 0 Å². The van der Waals surface area contributed by atoms with Crippen LogP contribution in [-0.2, 0) is 0 Å². The Bertz CT molecular complexity index is 1580. The quantitative estimate of drug-likeness (QED) is 0.162. The summed E-state index contributed by atoms with van der Waals surface area (Å²) < 4.78 is 27.6. The van der Waals surface area contributed by atoms with E-state index in [0.717, 1.165) is 4.68 Å². The Morgan fingerprint density at radius 1 is 0.800 bits per heavy atom. The largest absolute Gasteiger partial charge is 0.493 e. The lowest BCUT2D eigenvalue weighted by Gasteiger charge is -2.10. The molecule has 0 saturated heterocycles. The summed E-state index contributed by atoms with van der Waals surface area (Å²) in [7, 11) is 6.19. The van der Waals surface area contributed by atoms with E-state index < -0.39 is 5.76 Å². The lowest BCUT2D eigenvalue weighted by Crippen LogP contribution is -2.23. The van der Waals surface area contributed by atoms with Gasteiger partial charge in [-0.05, 0) is 65.7 Å². The van der Waals surface area contributed by atoms with Gasteiger partial charge in [-0.15, -0.1) is 4.68 Å². The van der Waals surface area contributed by atoms with Crippen LogP contribution in [0.15, 0.2) is 80.1 Å². The number of rotatable bonds is 12. The van der Waals surface area contributed by atoms with Crippen molar-refractivity contribution in [3.63, 3.8) is 0 Å². The van der Waals surface area contributed by atoms with Crippen LogP contribution in [0.5, 0.6) is 23.0 Å². The van der Waals surface area contributed by atoms with E-state index in [1.54, 1.807) is 82.0 Å². The summed E-state index contributed by atoms with van der Waals surface area (Å²) in [6.07, 6.45) is 3.04. The maximum absolute atomic E-state index is 12.8. The molecule has 0 saturated carbocycles. The zero-order valence-corrected chi connectivity index (χ0v) is 22.9. The van der Waals surface area contributed by atoms with Gasteiger partial charge in [0.1, 0.15) is 0 Å². The van der Waals surface area contributed by atoms with Crippen LogP contribution in [-0.4, -0.2) is 45.5 Å². The van der Waals surface area contributed by atoms with Crippen molar-refractivity contribution < 1.29 is 23.4 Å². The second-order valence-electron chi connectivity index (χ2n) is 7.97. The molecule has 0 aliphatic heterocycles. The fourth-order valence-electron chi connectivity index (χ4n) is 3.55. The predicted molar refractivity (Wildman–Crippen MR) is 155 cm³/mol. The number of hydrogen-bond acceptors (Lipinski definition) is 11. The number of oxazole rings is 1. The molecule has 0 spiro atoms. The molecule has 0 aliphatic carbocycles. The Kier molecular flexibility index (Phi) is 9.15. The number of ether oxygens (including phenoxy) is 4. The highest BCUT2D eigenvalue weighted by atomic mass is 35.5. The number of hydrazone groups is 2. The van der Waals surface area contributed by atoms with Gasteiger partial charge in [0.15, 0.2) is 23.0 Å². The van der Waals surface area contributed by atoms with Crippen LogP contribution in [0.4, 0.5) is 17.4 Å². The first-order valence-corrected chi connectivity index (χ1v) is 12.1. The molecule has 1 aromatic heterocycles. The Morgan fingerprint density at radius 2 is 1.40 bits per heavy atom. The van der Waals surface area contributed by atoms with Crippen molar-refractivity contribution in [2.45, 2.75) is 0 Å². The van der Waals surface area contributed by atoms with Crippen LogP contribution < -0.4 is 41.0 Å². The summed E-state index contributed by atoms with van der Waals surface area (Å²) in [5, 5.41) is 12.0. The van der Waals surface area contributed by atoms with E-state index in [9.17, 15) is 4.79 Å². The first kappa shape index (κ1) is 27.9. The summed E-state index contributed by atoms with van der Waals surface area (Å²) in [4.78, 5) is 12.8. The predicted octanol–water partition coefficient (Wildman–Crippen LogP) is 4.90. The van der Waals surface area contributed by atoms with E-state index in [0.29, 0.717) is 44.8 Å². The normalized spacial score (nSPS) is 11.0. The average Bonchev–Trinajstić information content (AvgIpc) is 3.26. The van der Waals surface area contributed by atoms with Crippen LogP contribution in [0.3, 0.4) is 0 Å². The third-order valence-electron chi connectivity index (χ3n) is 5.46. The van der Waals surface area contributed by atoms with Gasteiger partial charge in [-0.25, -0.2) is 15.8 Å². The standard InChI is InChI=1S/C27H27ClN6O6/c1-36-21-10-8-17(12-23(21)38-3)15-29-32-26-25(31-20-7-5-6-19(28)14-20)34(27(35)40-26)33-30-16-18-9-11-22(37-2)24(13-18)39-4/h5-16,31-33H,1-4H3. The van der Waals surface area contributed by atoms with E-state index in [2.05, 4.69) is 26.5 Å². The molecule has 208 valence electrons. The summed E-state index contributed by atoms with van der Waals surface area (Å²) >= 11 is 6.14. The highest BCUT2D eigenvalue weighted by molar-refractivity contribution is 6.30. The fraction of sp³-hybridized carbons (Fsp3) is 0.148. The van der Waals surface area contributed by atoms with E-state index in [1.165, 1.54) is 19.5 Å². The fourth-order valence-corrected chi connectivity index (χ4v) is 3.74. The van der Waals surface area contributed by atoms with Crippen molar-refractivity contribution >= 4 is 41.4 Å². The molecular weight excluding hydrogens is 540 g/mol. The Hall–Kier alpha value is -5.10. The van der Waals surface area contributed by atoms with E-state index in [-0.39, 0.29) is 11.7 Å². The van der Waals surface area contributed by atoms with Crippen molar-refractivity contribution in [3.8, 4) is 23.0 Å². The molecule has 0 atom stereocenters. The minimum absolute atomic E-state index is 0.0236. The molecular formula is C27H27ClN6O6. The molecule has 0 aliphatic rings.